The van der Waals surface area contributed by atoms with Gasteiger partial charge in [0.25, 0.3) is 5.56 Å². The monoisotopic (exact) mass is 445 g/mol. The Morgan fingerprint density at radius 2 is 1.94 bits per heavy atom. The number of amides is 1. The molecule has 0 radical (unpaired) electrons. The molecule has 1 heterocycles. The molecule has 1 aliphatic carbocycles. The Morgan fingerprint density at radius 1 is 1.23 bits per heavy atom. The quantitative estimate of drug-likeness (QED) is 0.323. The third-order valence-corrected chi connectivity index (χ3v) is 6.98. The number of para-hydroxylation sites is 1. The van der Waals surface area contributed by atoms with Crippen LogP contribution in [0.25, 0.3) is 10.9 Å². The molecule has 170 valence electrons. The third-order valence-electron chi connectivity index (χ3n) is 5.90. The number of fused-ring (bicyclic) bond motifs is 1. The van der Waals surface area contributed by atoms with Crippen LogP contribution in [0.3, 0.4) is 0 Å². The second-order valence-corrected chi connectivity index (χ2v) is 9.95. The summed E-state index contributed by atoms with van der Waals surface area (Å²) in [4.78, 5) is 33.0. The maximum absolute atomic E-state index is 13.2. The molecular weight excluding hydrogens is 410 g/mol. The second-order valence-electron chi connectivity index (χ2n) is 8.64. The van der Waals surface area contributed by atoms with E-state index in [-0.39, 0.29) is 22.8 Å². The number of rotatable bonds is 9. The van der Waals surface area contributed by atoms with Gasteiger partial charge in [-0.3, -0.25) is 14.2 Å². The lowest BCUT2D eigenvalue weighted by Crippen LogP contribution is -2.42. The van der Waals surface area contributed by atoms with E-state index >= 15 is 0 Å². The smallest absolute Gasteiger partial charge is 0.262 e. The van der Waals surface area contributed by atoms with Gasteiger partial charge in [0.15, 0.2) is 5.16 Å². The first-order valence-electron chi connectivity index (χ1n) is 11.4. The van der Waals surface area contributed by atoms with Gasteiger partial charge < -0.3 is 9.64 Å². The van der Waals surface area contributed by atoms with Crippen LogP contribution in [0.15, 0.2) is 34.2 Å². The van der Waals surface area contributed by atoms with Crippen molar-refractivity contribution in [1.29, 1.82) is 0 Å². The van der Waals surface area contributed by atoms with Crippen LogP contribution in [-0.4, -0.2) is 51.4 Å². The average molecular weight is 446 g/mol. The van der Waals surface area contributed by atoms with Gasteiger partial charge in [-0.15, -0.1) is 0 Å². The lowest BCUT2D eigenvalue weighted by atomic mass is 9.94. The van der Waals surface area contributed by atoms with Crippen LogP contribution in [-0.2, 0) is 16.1 Å². The molecule has 1 unspecified atom stereocenters. The molecule has 0 N–H and O–H groups in total. The minimum atomic E-state index is -0.307. The molecule has 1 aromatic carbocycles. The fourth-order valence-corrected chi connectivity index (χ4v) is 5.16. The van der Waals surface area contributed by atoms with Crippen LogP contribution < -0.4 is 5.56 Å². The predicted octanol–water partition coefficient (Wildman–Crippen LogP) is 4.48. The Kier molecular flexibility index (Phi) is 8.55. The fraction of sp³-hybridized carbons (Fsp3) is 0.625. The van der Waals surface area contributed by atoms with E-state index in [0.29, 0.717) is 35.3 Å². The van der Waals surface area contributed by atoms with E-state index in [1.165, 1.54) is 31.0 Å². The standard InChI is InChI=1S/C24H35N3O3S/c1-17(2)30-16-10-15-27-23(29)20-13-8-9-14-21(20)25-24(27)31-18(3)22(28)26(4)19-11-6-5-7-12-19/h8-9,13-14,17-19H,5-7,10-12,15-16H2,1-4H3. The Labute approximate surface area is 189 Å². The molecule has 0 aliphatic heterocycles. The van der Waals surface area contributed by atoms with Crippen molar-refractivity contribution in [3.63, 3.8) is 0 Å². The number of thioether (sulfide) groups is 1. The topological polar surface area (TPSA) is 64.4 Å². The van der Waals surface area contributed by atoms with Crippen LogP contribution in [0.2, 0.25) is 0 Å². The molecular formula is C24H35N3O3S. The Morgan fingerprint density at radius 3 is 2.65 bits per heavy atom. The molecule has 7 heteroatoms. The van der Waals surface area contributed by atoms with Crippen LogP contribution in [0.4, 0.5) is 0 Å². The van der Waals surface area contributed by atoms with Crippen molar-refractivity contribution < 1.29 is 9.53 Å². The van der Waals surface area contributed by atoms with Gasteiger partial charge in [-0.05, 0) is 52.2 Å². The largest absolute Gasteiger partial charge is 0.379 e. The summed E-state index contributed by atoms with van der Waals surface area (Å²) in [5, 5.41) is 0.902. The van der Waals surface area contributed by atoms with E-state index in [1.54, 1.807) is 4.57 Å². The Balaban J connectivity index is 1.80. The molecule has 1 aliphatic rings. The highest BCUT2D eigenvalue weighted by Gasteiger charge is 2.27. The summed E-state index contributed by atoms with van der Waals surface area (Å²) in [6, 6.07) is 7.73. The van der Waals surface area contributed by atoms with E-state index in [1.807, 2.05) is 57.0 Å². The zero-order valence-corrected chi connectivity index (χ0v) is 20.0. The lowest BCUT2D eigenvalue weighted by molar-refractivity contribution is -0.131. The summed E-state index contributed by atoms with van der Waals surface area (Å²) >= 11 is 1.38. The first-order chi connectivity index (χ1) is 14.9. The summed E-state index contributed by atoms with van der Waals surface area (Å²) < 4.78 is 7.35. The van der Waals surface area contributed by atoms with Gasteiger partial charge in [0.1, 0.15) is 0 Å². The third kappa shape index (κ3) is 6.10. The molecule has 0 bridgehead atoms. The zero-order valence-electron chi connectivity index (χ0n) is 19.2. The summed E-state index contributed by atoms with van der Waals surface area (Å²) in [5.41, 5.74) is 0.614. The first kappa shape index (κ1) is 23.8. The van der Waals surface area contributed by atoms with Crippen LogP contribution >= 0.6 is 11.8 Å². The summed E-state index contributed by atoms with van der Waals surface area (Å²) in [6.07, 6.45) is 6.67. The molecule has 1 saturated carbocycles. The molecule has 6 nitrogen and oxygen atoms in total. The highest BCUT2D eigenvalue weighted by molar-refractivity contribution is 8.00. The molecule has 1 atom stereocenters. The Bertz CT molecular complexity index is 937. The predicted molar refractivity (Wildman–Crippen MR) is 127 cm³/mol. The number of carbonyl (C=O) groups excluding carboxylic acids is 1. The molecule has 1 aromatic heterocycles. The zero-order chi connectivity index (χ0) is 22.4. The molecule has 0 spiro atoms. The van der Waals surface area contributed by atoms with Crippen molar-refractivity contribution in [2.75, 3.05) is 13.7 Å². The molecule has 0 saturated heterocycles. The van der Waals surface area contributed by atoms with Crippen LogP contribution in [0.5, 0.6) is 0 Å². The number of aromatic nitrogens is 2. The van der Waals surface area contributed by atoms with Crippen molar-refractivity contribution in [3.8, 4) is 0 Å². The number of ether oxygens (including phenoxy) is 1. The summed E-state index contributed by atoms with van der Waals surface area (Å²) in [5.74, 6) is 0.106. The minimum absolute atomic E-state index is 0.0575. The minimum Gasteiger partial charge on any atom is -0.379 e. The Hall–Kier alpha value is -1.86. The highest BCUT2D eigenvalue weighted by atomic mass is 32.2. The van der Waals surface area contributed by atoms with Crippen LogP contribution in [0, 0.1) is 0 Å². The van der Waals surface area contributed by atoms with Gasteiger partial charge in [-0.1, -0.05) is 43.2 Å². The maximum Gasteiger partial charge on any atom is 0.262 e. The SMILES string of the molecule is CC(C)OCCCn1c(SC(C)C(=O)N(C)C2CCCCC2)nc2ccccc2c1=O. The summed E-state index contributed by atoms with van der Waals surface area (Å²) in [7, 11) is 1.92. The molecule has 31 heavy (non-hydrogen) atoms. The lowest BCUT2D eigenvalue weighted by Gasteiger charge is -2.32. The van der Waals surface area contributed by atoms with Crippen LogP contribution in [0.1, 0.15) is 59.3 Å². The highest BCUT2D eigenvalue weighted by Crippen LogP contribution is 2.27. The van der Waals surface area contributed by atoms with Gasteiger partial charge in [0.2, 0.25) is 5.91 Å². The van der Waals surface area contributed by atoms with Crippen molar-refractivity contribution in [2.45, 2.75) is 88.4 Å². The average Bonchev–Trinajstić information content (AvgIpc) is 2.77. The van der Waals surface area contributed by atoms with Crippen molar-refractivity contribution in [2.24, 2.45) is 0 Å². The van der Waals surface area contributed by atoms with E-state index in [2.05, 4.69) is 0 Å². The van der Waals surface area contributed by atoms with E-state index in [9.17, 15) is 9.59 Å². The van der Waals surface area contributed by atoms with E-state index < -0.39 is 0 Å². The molecule has 1 amide bonds. The van der Waals surface area contributed by atoms with Gasteiger partial charge in [0.05, 0.1) is 22.3 Å². The summed E-state index contributed by atoms with van der Waals surface area (Å²) in [6.45, 7) is 7.02. The van der Waals surface area contributed by atoms with Gasteiger partial charge in [-0.25, -0.2) is 4.98 Å². The second kappa shape index (κ2) is 11.1. The van der Waals surface area contributed by atoms with E-state index in [0.717, 1.165) is 19.3 Å². The number of benzene rings is 1. The van der Waals surface area contributed by atoms with Gasteiger partial charge >= 0.3 is 0 Å². The van der Waals surface area contributed by atoms with Crippen molar-refractivity contribution in [1.82, 2.24) is 14.5 Å². The number of carbonyl (C=O) groups is 1. The molecule has 2 aromatic rings. The number of nitrogens with zero attached hydrogens (tertiary/aromatic N) is 3. The number of hydrogen-bond acceptors (Lipinski definition) is 5. The number of hydrogen-bond donors (Lipinski definition) is 0. The first-order valence-corrected chi connectivity index (χ1v) is 12.3. The van der Waals surface area contributed by atoms with Crippen molar-refractivity contribution in [3.05, 3.63) is 34.6 Å². The van der Waals surface area contributed by atoms with E-state index in [4.69, 9.17) is 9.72 Å². The normalized spacial score (nSPS) is 16.0. The fourth-order valence-electron chi connectivity index (χ4n) is 4.12. The maximum atomic E-state index is 13.2. The van der Waals surface area contributed by atoms with Crippen molar-refractivity contribution >= 4 is 28.6 Å². The van der Waals surface area contributed by atoms with Gasteiger partial charge in [-0.2, -0.15) is 0 Å². The molecule has 3 rings (SSSR count). The molecule has 1 fully saturated rings. The van der Waals surface area contributed by atoms with Gasteiger partial charge in [0, 0.05) is 26.2 Å².